The van der Waals surface area contributed by atoms with Crippen molar-refractivity contribution in [3.05, 3.63) is 0 Å². The molecule has 80 valence electrons. The summed E-state index contributed by atoms with van der Waals surface area (Å²) < 4.78 is 10.1. The van der Waals surface area contributed by atoms with Crippen molar-refractivity contribution in [3.63, 3.8) is 0 Å². The minimum Gasteiger partial charge on any atom is -0.467 e. The van der Waals surface area contributed by atoms with Crippen LogP contribution in [-0.4, -0.2) is 36.5 Å². The molecule has 0 amide bonds. The number of fused-ring (bicyclic) bond motifs is 1. The van der Waals surface area contributed by atoms with E-state index in [0.717, 1.165) is 25.7 Å². The van der Waals surface area contributed by atoms with Gasteiger partial charge in [0.1, 0.15) is 0 Å². The van der Waals surface area contributed by atoms with Crippen LogP contribution >= 0.6 is 0 Å². The average molecular weight is 200 g/mol. The van der Waals surface area contributed by atoms with E-state index in [-0.39, 0.29) is 12.0 Å². The van der Waals surface area contributed by atoms with Gasteiger partial charge in [-0.3, -0.25) is 0 Å². The molecule has 0 aromatic heterocycles. The molecule has 0 spiro atoms. The Bertz CT molecular complexity index is 228. The number of aliphatic hydroxyl groups is 1. The Hall–Kier alpha value is -0.610. The van der Waals surface area contributed by atoms with Gasteiger partial charge in [-0.1, -0.05) is 12.8 Å². The summed E-state index contributed by atoms with van der Waals surface area (Å²) in [7, 11) is 1.32. The van der Waals surface area contributed by atoms with Gasteiger partial charge in [-0.2, -0.15) is 0 Å². The average Bonchev–Trinajstić information content (AvgIpc) is 2.56. The van der Waals surface area contributed by atoms with Crippen LogP contribution in [0.2, 0.25) is 0 Å². The van der Waals surface area contributed by atoms with E-state index in [1.165, 1.54) is 7.11 Å². The first-order valence-electron chi connectivity index (χ1n) is 5.15. The van der Waals surface area contributed by atoms with Crippen LogP contribution in [0.1, 0.15) is 25.7 Å². The Morgan fingerprint density at radius 2 is 2.14 bits per heavy atom. The molecule has 1 N–H and O–H groups in total. The number of hydrogen-bond acceptors (Lipinski definition) is 4. The third-order valence-electron chi connectivity index (χ3n) is 3.26. The van der Waals surface area contributed by atoms with E-state index in [9.17, 15) is 9.90 Å². The zero-order chi connectivity index (χ0) is 10.1. The number of carbonyl (C=O) groups excluding carboxylic acids is 1. The summed E-state index contributed by atoms with van der Waals surface area (Å²) in [6, 6.07) is 0. The lowest BCUT2D eigenvalue weighted by Gasteiger charge is -2.24. The fourth-order valence-electron chi connectivity index (χ4n) is 2.49. The first kappa shape index (κ1) is 9.93. The van der Waals surface area contributed by atoms with Gasteiger partial charge in [0.15, 0.2) is 6.10 Å². The van der Waals surface area contributed by atoms with E-state index in [1.54, 1.807) is 0 Å². The number of esters is 1. The van der Waals surface area contributed by atoms with E-state index < -0.39 is 18.2 Å². The van der Waals surface area contributed by atoms with Crippen molar-refractivity contribution in [1.82, 2.24) is 0 Å². The standard InChI is InChI=1S/C10H16O4/c1-13-10(12)9-8(11)6-4-2-3-5-7(6)14-9/h6-9,11H,2-5H2,1H3. The Balaban J connectivity index is 2.06. The van der Waals surface area contributed by atoms with Crippen molar-refractivity contribution < 1.29 is 19.4 Å². The fourth-order valence-corrected chi connectivity index (χ4v) is 2.49. The van der Waals surface area contributed by atoms with Gasteiger partial charge >= 0.3 is 5.97 Å². The third-order valence-corrected chi connectivity index (χ3v) is 3.26. The molecule has 1 saturated carbocycles. The van der Waals surface area contributed by atoms with Crippen molar-refractivity contribution >= 4 is 5.97 Å². The molecule has 1 aliphatic carbocycles. The highest BCUT2D eigenvalue weighted by Gasteiger charge is 2.47. The number of ether oxygens (including phenoxy) is 2. The molecular formula is C10H16O4. The Morgan fingerprint density at radius 1 is 1.43 bits per heavy atom. The number of aliphatic hydroxyl groups excluding tert-OH is 1. The van der Waals surface area contributed by atoms with Crippen LogP contribution in [-0.2, 0) is 14.3 Å². The van der Waals surface area contributed by atoms with Gasteiger partial charge in [-0.15, -0.1) is 0 Å². The third kappa shape index (κ3) is 1.53. The number of rotatable bonds is 1. The van der Waals surface area contributed by atoms with Gasteiger partial charge in [0.25, 0.3) is 0 Å². The maximum absolute atomic E-state index is 11.3. The van der Waals surface area contributed by atoms with E-state index in [0.29, 0.717) is 0 Å². The first-order chi connectivity index (χ1) is 6.74. The highest BCUT2D eigenvalue weighted by Crippen LogP contribution is 2.37. The largest absolute Gasteiger partial charge is 0.467 e. The lowest BCUT2D eigenvalue weighted by atomic mass is 9.84. The predicted octanol–water partition coefficient (Wildman–Crippen LogP) is 0.478. The van der Waals surface area contributed by atoms with Crippen LogP contribution < -0.4 is 0 Å². The second kappa shape index (κ2) is 3.87. The summed E-state index contributed by atoms with van der Waals surface area (Å²) in [4.78, 5) is 11.3. The smallest absolute Gasteiger partial charge is 0.337 e. The van der Waals surface area contributed by atoms with Crippen molar-refractivity contribution in [2.45, 2.75) is 44.0 Å². The quantitative estimate of drug-likeness (QED) is 0.625. The Morgan fingerprint density at radius 3 is 2.79 bits per heavy atom. The van der Waals surface area contributed by atoms with Crippen LogP contribution in [0.5, 0.6) is 0 Å². The SMILES string of the molecule is COC(=O)C1OC2CCCCC2C1O. The van der Waals surface area contributed by atoms with Crippen molar-refractivity contribution in [1.29, 1.82) is 0 Å². The van der Waals surface area contributed by atoms with Gasteiger partial charge in [-0.05, 0) is 12.8 Å². The lowest BCUT2D eigenvalue weighted by molar-refractivity contribution is -0.157. The lowest BCUT2D eigenvalue weighted by Crippen LogP contribution is -2.34. The van der Waals surface area contributed by atoms with Crippen molar-refractivity contribution in [2.75, 3.05) is 7.11 Å². The summed E-state index contributed by atoms with van der Waals surface area (Å²) in [6.45, 7) is 0. The molecule has 4 unspecified atom stereocenters. The highest BCUT2D eigenvalue weighted by molar-refractivity contribution is 5.75. The minimum absolute atomic E-state index is 0.0582. The van der Waals surface area contributed by atoms with Gasteiger partial charge in [-0.25, -0.2) is 4.79 Å². The molecule has 14 heavy (non-hydrogen) atoms. The summed E-state index contributed by atoms with van der Waals surface area (Å²) in [5.41, 5.74) is 0. The van der Waals surface area contributed by atoms with E-state index in [1.807, 2.05) is 0 Å². The molecule has 1 heterocycles. The van der Waals surface area contributed by atoms with Crippen LogP contribution in [0.15, 0.2) is 0 Å². The number of carbonyl (C=O) groups is 1. The molecule has 2 rings (SSSR count). The summed E-state index contributed by atoms with van der Waals surface area (Å²) in [6.07, 6.45) is 2.79. The topological polar surface area (TPSA) is 55.8 Å². The molecule has 4 nitrogen and oxygen atoms in total. The van der Waals surface area contributed by atoms with Gasteiger partial charge in [0, 0.05) is 5.92 Å². The fraction of sp³-hybridized carbons (Fsp3) is 0.900. The molecule has 2 aliphatic rings. The monoisotopic (exact) mass is 200 g/mol. The minimum atomic E-state index is -0.756. The Labute approximate surface area is 83.2 Å². The predicted molar refractivity (Wildman–Crippen MR) is 48.6 cm³/mol. The second-order valence-corrected chi connectivity index (χ2v) is 4.06. The second-order valence-electron chi connectivity index (χ2n) is 4.06. The van der Waals surface area contributed by atoms with E-state index >= 15 is 0 Å². The van der Waals surface area contributed by atoms with E-state index in [4.69, 9.17) is 4.74 Å². The van der Waals surface area contributed by atoms with Gasteiger partial charge in [0.05, 0.1) is 19.3 Å². The molecule has 1 aliphatic heterocycles. The summed E-state index contributed by atoms with van der Waals surface area (Å²) in [5.74, 6) is -0.320. The van der Waals surface area contributed by atoms with Gasteiger partial charge in [0.2, 0.25) is 0 Å². The molecule has 0 aromatic rings. The molecule has 4 atom stereocenters. The first-order valence-corrected chi connectivity index (χ1v) is 5.15. The molecular weight excluding hydrogens is 184 g/mol. The van der Waals surface area contributed by atoms with Crippen LogP contribution in [0.3, 0.4) is 0 Å². The molecule has 1 saturated heterocycles. The molecule has 4 heteroatoms. The van der Waals surface area contributed by atoms with Crippen LogP contribution in [0.25, 0.3) is 0 Å². The number of hydrogen-bond donors (Lipinski definition) is 1. The zero-order valence-corrected chi connectivity index (χ0v) is 8.31. The van der Waals surface area contributed by atoms with Crippen molar-refractivity contribution in [2.24, 2.45) is 5.92 Å². The molecule has 0 radical (unpaired) electrons. The molecule has 0 bridgehead atoms. The van der Waals surface area contributed by atoms with Crippen LogP contribution in [0.4, 0.5) is 0 Å². The molecule has 0 aromatic carbocycles. The van der Waals surface area contributed by atoms with Crippen molar-refractivity contribution in [3.8, 4) is 0 Å². The zero-order valence-electron chi connectivity index (χ0n) is 8.31. The van der Waals surface area contributed by atoms with E-state index in [2.05, 4.69) is 4.74 Å². The maximum atomic E-state index is 11.3. The highest BCUT2D eigenvalue weighted by atomic mass is 16.6. The Kier molecular flexibility index (Phi) is 2.74. The maximum Gasteiger partial charge on any atom is 0.337 e. The normalized spacial score (nSPS) is 41.9. The molecule has 2 fully saturated rings. The van der Waals surface area contributed by atoms with Crippen LogP contribution in [0, 0.1) is 5.92 Å². The number of methoxy groups -OCH3 is 1. The van der Waals surface area contributed by atoms with Gasteiger partial charge < -0.3 is 14.6 Å². The summed E-state index contributed by atoms with van der Waals surface area (Å²) >= 11 is 0. The summed E-state index contributed by atoms with van der Waals surface area (Å²) in [5, 5.41) is 9.86.